The fourth-order valence-corrected chi connectivity index (χ4v) is 3.64. The van der Waals surface area contributed by atoms with E-state index in [9.17, 15) is 14.4 Å². The Bertz CT molecular complexity index is 626. The van der Waals surface area contributed by atoms with Crippen molar-refractivity contribution in [3.05, 3.63) is 36.0 Å². The Hall–Kier alpha value is -2.37. The van der Waals surface area contributed by atoms with Crippen molar-refractivity contribution in [2.24, 2.45) is 17.3 Å². The highest BCUT2D eigenvalue weighted by Crippen LogP contribution is 2.53. The maximum Gasteiger partial charge on any atom is 0.327 e. The summed E-state index contributed by atoms with van der Waals surface area (Å²) in [7, 11) is 2.47. The van der Waals surface area contributed by atoms with E-state index in [-0.39, 0.29) is 5.92 Å². The Morgan fingerprint density at radius 2 is 1.71 bits per heavy atom. The molecule has 0 saturated carbocycles. The van der Waals surface area contributed by atoms with Crippen molar-refractivity contribution in [1.29, 1.82) is 0 Å². The topological polar surface area (TPSA) is 78.9 Å². The lowest BCUT2D eigenvalue weighted by Gasteiger charge is -2.36. The van der Waals surface area contributed by atoms with E-state index in [0.717, 1.165) is 11.1 Å². The summed E-state index contributed by atoms with van der Waals surface area (Å²) in [5.41, 5.74) is -0.00500. The molecule has 0 N–H and O–H groups in total. The van der Waals surface area contributed by atoms with Crippen LogP contribution in [0.15, 0.2) is 36.0 Å². The Kier molecular flexibility index (Phi) is 4.96. The first-order chi connectivity index (χ1) is 11.3. The van der Waals surface area contributed by atoms with Gasteiger partial charge < -0.3 is 14.2 Å². The number of esters is 3. The summed E-state index contributed by atoms with van der Waals surface area (Å²) in [4.78, 5) is 36.4. The van der Waals surface area contributed by atoms with Crippen molar-refractivity contribution >= 4 is 17.9 Å². The third kappa shape index (κ3) is 2.77. The predicted octanol–water partition coefficient (Wildman–Crippen LogP) is 1.96. The summed E-state index contributed by atoms with van der Waals surface area (Å²) in [5, 5.41) is 0. The highest BCUT2D eigenvalue weighted by molar-refractivity contribution is 6.04. The fourth-order valence-electron chi connectivity index (χ4n) is 3.64. The molecule has 0 fully saturated rings. The average molecular weight is 334 g/mol. The molecular weight excluding hydrogens is 312 g/mol. The number of carbonyl (C=O) groups excluding carboxylic acids is 3. The standard InChI is InChI=1S/C18H22O6/c1-10(2)14-9-18(16(20)22-4,17(21)23-5)15-8-12(24-11(3)19)6-7-13(14)15/h6-7,9,12-13,15H,1,8H2,2-5H3/t12-,13-,15-/m1/s1. The summed E-state index contributed by atoms with van der Waals surface area (Å²) < 4.78 is 15.1. The Balaban J connectivity index is 2.55. The number of fused-ring (bicyclic) bond motifs is 1. The van der Waals surface area contributed by atoms with E-state index in [2.05, 4.69) is 6.58 Å². The van der Waals surface area contributed by atoms with Crippen LogP contribution in [-0.4, -0.2) is 38.2 Å². The van der Waals surface area contributed by atoms with E-state index in [1.165, 1.54) is 21.1 Å². The van der Waals surface area contributed by atoms with Gasteiger partial charge in [-0.1, -0.05) is 24.3 Å². The first-order valence-electron chi connectivity index (χ1n) is 7.69. The molecule has 0 heterocycles. The van der Waals surface area contributed by atoms with Crippen LogP contribution in [0.4, 0.5) is 0 Å². The SMILES string of the molecule is C=C(C)C1=CC(C(=O)OC)(C(=O)OC)[C@@H]2C[C@H](OC(C)=O)C=C[C@H]12. The van der Waals surface area contributed by atoms with Gasteiger partial charge in [-0.3, -0.25) is 14.4 Å². The van der Waals surface area contributed by atoms with Crippen LogP contribution in [0.3, 0.4) is 0 Å². The second-order valence-corrected chi connectivity index (χ2v) is 6.13. The Morgan fingerprint density at radius 3 is 2.17 bits per heavy atom. The second kappa shape index (κ2) is 6.63. The minimum Gasteiger partial charge on any atom is -0.468 e. The molecule has 2 rings (SSSR count). The molecule has 6 heteroatoms. The van der Waals surface area contributed by atoms with Gasteiger partial charge in [0.25, 0.3) is 0 Å². The van der Waals surface area contributed by atoms with Crippen LogP contribution >= 0.6 is 0 Å². The minimum absolute atomic E-state index is 0.187. The van der Waals surface area contributed by atoms with Gasteiger partial charge in [0.2, 0.25) is 0 Å². The number of hydrogen-bond acceptors (Lipinski definition) is 6. The van der Waals surface area contributed by atoms with E-state index in [0.29, 0.717) is 6.42 Å². The number of ether oxygens (including phenoxy) is 3. The van der Waals surface area contributed by atoms with E-state index < -0.39 is 35.3 Å². The van der Waals surface area contributed by atoms with Crippen molar-refractivity contribution in [1.82, 2.24) is 0 Å². The van der Waals surface area contributed by atoms with Crippen LogP contribution in [0.2, 0.25) is 0 Å². The van der Waals surface area contributed by atoms with Crippen LogP contribution in [-0.2, 0) is 28.6 Å². The monoisotopic (exact) mass is 334 g/mol. The third-order valence-electron chi connectivity index (χ3n) is 4.64. The molecule has 0 amide bonds. The van der Waals surface area contributed by atoms with Gasteiger partial charge in [0.15, 0.2) is 5.41 Å². The highest BCUT2D eigenvalue weighted by atomic mass is 16.5. The van der Waals surface area contributed by atoms with Gasteiger partial charge in [-0.2, -0.15) is 0 Å². The lowest BCUT2D eigenvalue weighted by Crippen LogP contribution is -2.47. The minimum atomic E-state index is -1.56. The quantitative estimate of drug-likeness (QED) is 0.338. The molecule has 0 aliphatic heterocycles. The van der Waals surface area contributed by atoms with Crippen molar-refractivity contribution in [3.8, 4) is 0 Å². The lowest BCUT2D eigenvalue weighted by atomic mass is 9.69. The zero-order valence-corrected chi connectivity index (χ0v) is 14.3. The maximum atomic E-state index is 12.6. The van der Waals surface area contributed by atoms with Gasteiger partial charge in [0.1, 0.15) is 6.10 Å². The van der Waals surface area contributed by atoms with Gasteiger partial charge in [-0.05, 0) is 25.0 Å². The molecule has 0 bridgehead atoms. The zero-order valence-electron chi connectivity index (χ0n) is 14.3. The third-order valence-corrected chi connectivity index (χ3v) is 4.64. The molecule has 0 saturated heterocycles. The first kappa shape index (κ1) is 18.0. The molecule has 130 valence electrons. The number of methoxy groups -OCH3 is 2. The van der Waals surface area contributed by atoms with Gasteiger partial charge >= 0.3 is 17.9 Å². The Morgan fingerprint density at radius 1 is 1.12 bits per heavy atom. The fraction of sp³-hybridized carbons (Fsp3) is 0.500. The number of hydrogen-bond donors (Lipinski definition) is 0. The molecule has 2 aliphatic rings. The van der Waals surface area contributed by atoms with Crippen molar-refractivity contribution < 1.29 is 28.6 Å². The maximum absolute atomic E-state index is 12.6. The smallest absolute Gasteiger partial charge is 0.327 e. The lowest BCUT2D eigenvalue weighted by molar-refractivity contribution is -0.170. The summed E-state index contributed by atoms with van der Waals surface area (Å²) in [5.74, 6) is -2.43. The first-order valence-corrected chi connectivity index (χ1v) is 7.69. The summed E-state index contributed by atoms with van der Waals surface area (Å²) in [6, 6.07) is 0. The summed E-state index contributed by atoms with van der Waals surface area (Å²) in [6.45, 7) is 7.08. The van der Waals surface area contributed by atoms with E-state index in [4.69, 9.17) is 14.2 Å². The molecule has 0 spiro atoms. The molecule has 0 unspecified atom stereocenters. The number of allylic oxidation sites excluding steroid dienone is 3. The summed E-state index contributed by atoms with van der Waals surface area (Å²) in [6.07, 6.45) is 5.05. The van der Waals surface area contributed by atoms with Gasteiger partial charge in [0, 0.05) is 18.8 Å². The van der Waals surface area contributed by atoms with E-state index in [1.54, 1.807) is 12.2 Å². The van der Waals surface area contributed by atoms with Crippen molar-refractivity contribution in [2.45, 2.75) is 26.4 Å². The van der Waals surface area contributed by atoms with Crippen LogP contribution in [0.5, 0.6) is 0 Å². The normalized spacial score (nSPS) is 26.8. The molecule has 2 aliphatic carbocycles. The van der Waals surface area contributed by atoms with Gasteiger partial charge in [0.05, 0.1) is 14.2 Å². The van der Waals surface area contributed by atoms with Crippen LogP contribution in [0.25, 0.3) is 0 Å². The molecule has 0 aromatic carbocycles. The zero-order chi connectivity index (χ0) is 18.1. The van der Waals surface area contributed by atoms with Crippen molar-refractivity contribution in [3.63, 3.8) is 0 Å². The van der Waals surface area contributed by atoms with Crippen molar-refractivity contribution in [2.75, 3.05) is 14.2 Å². The predicted molar refractivity (Wildman–Crippen MR) is 85.7 cm³/mol. The summed E-state index contributed by atoms with van der Waals surface area (Å²) >= 11 is 0. The van der Waals surface area contributed by atoms with E-state index in [1.807, 2.05) is 13.0 Å². The average Bonchev–Trinajstić information content (AvgIpc) is 2.88. The van der Waals surface area contributed by atoms with Gasteiger partial charge in [-0.15, -0.1) is 0 Å². The second-order valence-electron chi connectivity index (χ2n) is 6.13. The molecule has 0 radical (unpaired) electrons. The molecular formula is C18H22O6. The molecule has 24 heavy (non-hydrogen) atoms. The van der Waals surface area contributed by atoms with Crippen LogP contribution in [0, 0.1) is 17.3 Å². The highest BCUT2D eigenvalue weighted by Gasteiger charge is 2.60. The number of rotatable bonds is 4. The number of carbonyl (C=O) groups is 3. The van der Waals surface area contributed by atoms with Crippen LogP contribution in [0.1, 0.15) is 20.3 Å². The van der Waals surface area contributed by atoms with Crippen LogP contribution < -0.4 is 0 Å². The molecule has 6 nitrogen and oxygen atoms in total. The molecule has 3 atom stereocenters. The van der Waals surface area contributed by atoms with Gasteiger partial charge in [-0.25, -0.2) is 0 Å². The van der Waals surface area contributed by atoms with E-state index >= 15 is 0 Å². The largest absolute Gasteiger partial charge is 0.468 e. The molecule has 0 aromatic rings. The molecule has 0 aromatic heterocycles. The Labute approximate surface area is 141 Å².